The van der Waals surface area contributed by atoms with Gasteiger partial charge in [-0.05, 0) is 55.9 Å². The summed E-state index contributed by atoms with van der Waals surface area (Å²) in [4.78, 5) is 4.27. The lowest BCUT2D eigenvalue weighted by Crippen LogP contribution is -2.02. The number of aromatic nitrogens is 1. The van der Waals surface area contributed by atoms with Crippen LogP contribution < -0.4 is 4.74 Å². The van der Waals surface area contributed by atoms with Gasteiger partial charge in [0.05, 0.1) is 18.5 Å². The van der Waals surface area contributed by atoms with E-state index >= 15 is 0 Å². The van der Waals surface area contributed by atoms with Gasteiger partial charge in [0.15, 0.2) is 11.6 Å². The zero-order valence-corrected chi connectivity index (χ0v) is 18.2. The smallest absolute Gasteiger partial charge is 0.201 e. The Morgan fingerprint density at radius 2 is 1.67 bits per heavy atom. The second kappa shape index (κ2) is 13.3. The van der Waals surface area contributed by atoms with Gasteiger partial charge in [-0.25, -0.2) is 8.78 Å². The van der Waals surface area contributed by atoms with Crippen LogP contribution in [0.25, 0.3) is 11.3 Å². The molecule has 0 spiro atoms. The average Bonchev–Trinajstić information content (AvgIpc) is 2.76. The van der Waals surface area contributed by atoms with E-state index in [1.807, 2.05) is 13.0 Å². The van der Waals surface area contributed by atoms with Crippen molar-refractivity contribution in [3.63, 3.8) is 0 Å². The average molecular weight is 422 g/mol. The molecule has 0 aliphatic heterocycles. The van der Waals surface area contributed by atoms with E-state index in [-0.39, 0.29) is 11.3 Å². The Labute approximate surface area is 178 Å². The number of pyridine rings is 1. The van der Waals surface area contributed by atoms with E-state index in [1.54, 1.807) is 12.3 Å². The number of hydrogen-bond donors (Lipinski definition) is 0. The minimum Gasteiger partial charge on any atom is -0.490 e. The SMILES string of the molecule is CCCCCCCCOc1ccc(-c2ccc(CCCC(F)CC)cn2)c(F)c1F. The molecular weight excluding hydrogens is 387 g/mol. The van der Waals surface area contributed by atoms with E-state index in [0.717, 1.165) is 37.7 Å². The van der Waals surface area contributed by atoms with Crippen LogP contribution in [0.15, 0.2) is 30.5 Å². The molecule has 30 heavy (non-hydrogen) atoms. The number of rotatable bonds is 14. The summed E-state index contributed by atoms with van der Waals surface area (Å²) >= 11 is 0. The third-order valence-electron chi connectivity index (χ3n) is 5.33. The van der Waals surface area contributed by atoms with Crippen LogP contribution in [0.3, 0.4) is 0 Å². The topological polar surface area (TPSA) is 22.1 Å². The van der Waals surface area contributed by atoms with Gasteiger partial charge >= 0.3 is 0 Å². The molecule has 0 radical (unpaired) electrons. The van der Waals surface area contributed by atoms with Crippen molar-refractivity contribution in [1.82, 2.24) is 4.98 Å². The fourth-order valence-electron chi connectivity index (χ4n) is 3.37. The van der Waals surface area contributed by atoms with E-state index in [1.165, 1.54) is 31.4 Å². The monoisotopic (exact) mass is 421 g/mol. The lowest BCUT2D eigenvalue weighted by Gasteiger charge is -2.11. The van der Waals surface area contributed by atoms with Gasteiger partial charge in [0, 0.05) is 11.8 Å². The largest absolute Gasteiger partial charge is 0.490 e. The molecule has 0 N–H and O–H groups in total. The molecular formula is C25H34F3NO. The fraction of sp³-hybridized carbons (Fsp3) is 0.560. The van der Waals surface area contributed by atoms with Crippen LogP contribution in [-0.2, 0) is 6.42 Å². The van der Waals surface area contributed by atoms with E-state index in [9.17, 15) is 13.2 Å². The van der Waals surface area contributed by atoms with Crippen LogP contribution in [0, 0.1) is 11.6 Å². The minimum atomic E-state index is -0.974. The maximum atomic E-state index is 14.6. The first kappa shape index (κ1) is 24.2. The third-order valence-corrected chi connectivity index (χ3v) is 5.33. The first-order chi connectivity index (χ1) is 14.6. The summed E-state index contributed by atoms with van der Waals surface area (Å²) in [5.74, 6) is -1.98. The van der Waals surface area contributed by atoms with Gasteiger partial charge < -0.3 is 4.74 Å². The summed E-state index contributed by atoms with van der Waals surface area (Å²) in [6.07, 6.45) is 10.0. The fourth-order valence-corrected chi connectivity index (χ4v) is 3.37. The highest BCUT2D eigenvalue weighted by Crippen LogP contribution is 2.29. The van der Waals surface area contributed by atoms with Crippen molar-refractivity contribution < 1.29 is 17.9 Å². The van der Waals surface area contributed by atoms with Crippen molar-refractivity contribution in [2.75, 3.05) is 6.61 Å². The number of benzene rings is 1. The first-order valence-electron chi connectivity index (χ1n) is 11.3. The van der Waals surface area contributed by atoms with Gasteiger partial charge in [-0.1, -0.05) is 52.0 Å². The van der Waals surface area contributed by atoms with Crippen LogP contribution in [0.2, 0.25) is 0 Å². The Balaban J connectivity index is 1.89. The zero-order valence-electron chi connectivity index (χ0n) is 18.2. The Morgan fingerprint density at radius 3 is 2.37 bits per heavy atom. The highest BCUT2D eigenvalue weighted by molar-refractivity contribution is 5.61. The predicted molar refractivity (Wildman–Crippen MR) is 117 cm³/mol. The summed E-state index contributed by atoms with van der Waals surface area (Å²) in [7, 11) is 0. The molecule has 2 nitrogen and oxygen atoms in total. The Hall–Kier alpha value is -2.04. The highest BCUT2D eigenvalue weighted by Gasteiger charge is 2.16. The van der Waals surface area contributed by atoms with Crippen molar-refractivity contribution in [1.29, 1.82) is 0 Å². The van der Waals surface area contributed by atoms with Crippen molar-refractivity contribution in [3.05, 3.63) is 47.7 Å². The van der Waals surface area contributed by atoms with Gasteiger partial charge in [0.25, 0.3) is 0 Å². The van der Waals surface area contributed by atoms with Crippen molar-refractivity contribution >= 4 is 0 Å². The van der Waals surface area contributed by atoms with Gasteiger partial charge in [0.2, 0.25) is 5.82 Å². The van der Waals surface area contributed by atoms with Crippen LogP contribution >= 0.6 is 0 Å². The second-order valence-corrected chi connectivity index (χ2v) is 7.80. The third kappa shape index (κ3) is 7.66. The molecule has 0 saturated heterocycles. The van der Waals surface area contributed by atoms with Crippen LogP contribution in [0.1, 0.15) is 77.2 Å². The van der Waals surface area contributed by atoms with Crippen LogP contribution in [0.5, 0.6) is 5.75 Å². The quantitative estimate of drug-likeness (QED) is 0.290. The van der Waals surface area contributed by atoms with Crippen molar-refractivity contribution in [2.45, 2.75) is 84.2 Å². The molecule has 2 aromatic rings. The molecule has 5 heteroatoms. The first-order valence-corrected chi connectivity index (χ1v) is 11.3. The summed E-state index contributed by atoms with van der Waals surface area (Å²) in [6, 6.07) is 6.48. The lowest BCUT2D eigenvalue weighted by atomic mass is 10.1. The van der Waals surface area contributed by atoms with Crippen molar-refractivity contribution in [2.24, 2.45) is 0 Å². The molecule has 0 saturated carbocycles. The molecule has 0 bridgehead atoms. The van der Waals surface area contributed by atoms with Crippen LogP contribution in [0.4, 0.5) is 13.2 Å². The van der Waals surface area contributed by atoms with E-state index < -0.39 is 17.8 Å². The number of ether oxygens (including phenoxy) is 1. The number of alkyl halides is 1. The summed E-state index contributed by atoms with van der Waals surface area (Å²) in [5, 5.41) is 0. The predicted octanol–water partition coefficient (Wildman–Crippen LogP) is 7.84. The summed E-state index contributed by atoms with van der Waals surface area (Å²) in [5.41, 5.74) is 1.44. The number of unbranched alkanes of at least 4 members (excludes halogenated alkanes) is 5. The maximum Gasteiger partial charge on any atom is 0.201 e. The minimum absolute atomic E-state index is 0.0573. The molecule has 1 aromatic carbocycles. The highest BCUT2D eigenvalue weighted by atomic mass is 19.2. The normalized spacial score (nSPS) is 12.2. The van der Waals surface area contributed by atoms with Gasteiger partial charge in [-0.2, -0.15) is 4.39 Å². The number of halogens is 3. The number of nitrogens with zero attached hydrogens (tertiary/aromatic N) is 1. The maximum absolute atomic E-state index is 14.6. The molecule has 0 amide bonds. The standard InChI is InChI=1S/C25H34F3NO/c1-3-5-6-7-8-9-17-30-23-16-14-21(24(27)25(23)28)22-15-13-19(18-29-22)11-10-12-20(26)4-2/h13-16,18,20H,3-12,17H2,1-2H3. The van der Waals surface area contributed by atoms with Crippen molar-refractivity contribution in [3.8, 4) is 17.0 Å². The van der Waals surface area contributed by atoms with Gasteiger partial charge in [-0.15, -0.1) is 0 Å². The summed E-state index contributed by atoms with van der Waals surface area (Å²) in [6.45, 7) is 4.39. The van der Waals surface area contributed by atoms with Gasteiger partial charge in [-0.3, -0.25) is 4.98 Å². The molecule has 1 atom stereocenters. The molecule has 0 fully saturated rings. The molecule has 1 heterocycles. The van der Waals surface area contributed by atoms with E-state index in [4.69, 9.17) is 4.74 Å². The second-order valence-electron chi connectivity index (χ2n) is 7.80. The zero-order chi connectivity index (χ0) is 21.8. The molecule has 0 aliphatic rings. The number of aryl methyl sites for hydroxylation is 1. The lowest BCUT2D eigenvalue weighted by molar-refractivity contribution is 0.285. The molecule has 2 rings (SSSR count). The van der Waals surface area contributed by atoms with E-state index in [2.05, 4.69) is 11.9 Å². The van der Waals surface area contributed by atoms with E-state index in [0.29, 0.717) is 25.1 Å². The van der Waals surface area contributed by atoms with Crippen LogP contribution in [-0.4, -0.2) is 17.8 Å². The van der Waals surface area contributed by atoms with Gasteiger partial charge in [0.1, 0.15) is 0 Å². The molecule has 0 aliphatic carbocycles. The Morgan fingerprint density at radius 1 is 0.900 bits per heavy atom. The summed E-state index contributed by atoms with van der Waals surface area (Å²) < 4.78 is 47.7. The molecule has 1 unspecified atom stereocenters. The Bertz CT molecular complexity index is 749. The molecule has 166 valence electrons. The Kier molecular flexibility index (Phi) is 10.7. The molecule has 1 aromatic heterocycles. The number of hydrogen-bond acceptors (Lipinski definition) is 2.